The van der Waals surface area contributed by atoms with Gasteiger partial charge in [-0.1, -0.05) is 42.5 Å². The molecule has 0 fully saturated rings. The van der Waals surface area contributed by atoms with E-state index in [9.17, 15) is 14.0 Å². The maximum atomic E-state index is 13.3. The van der Waals surface area contributed by atoms with Crippen molar-refractivity contribution in [3.05, 3.63) is 93.5 Å². The Bertz CT molecular complexity index is 1110. The van der Waals surface area contributed by atoms with Gasteiger partial charge < -0.3 is 18.9 Å². The molecule has 0 bridgehead atoms. The first-order valence-corrected chi connectivity index (χ1v) is 9.59. The van der Waals surface area contributed by atoms with Crippen LogP contribution >= 0.6 is 0 Å². The van der Waals surface area contributed by atoms with Gasteiger partial charge in [0.2, 0.25) is 5.43 Å². The largest absolute Gasteiger partial charge is 0.483 e. The molecule has 6 nitrogen and oxygen atoms in total. The fourth-order valence-electron chi connectivity index (χ4n) is 3.51. The number of nitrogens with zero attached hydrogens (tertiary/aromatic N) is 2. The van der Waals surface area contributed by atoms with Gasteiger partial charge in [0.1, 0.15) is 12.4 Å². The van der Waals surface area contributed by atoms with Crippen LogP contribution < -0.4 is 14.9 Å². The average molecular weight is 408 g/mol. The standard InChI is InChI=1S/C23H21FN2O4/c1-29-20-13-19(27)22(30-15-17-5-3-2-4-6-17)21-23(28)25(11-12-26(20)21)14-16-7-9-18(24)10-8-16/h2-10,13H,11-12,14-15H2,1H3. The number of halogens is 1. The first kappa shape index (κ1) is 19.7. The van der Waals surface area contributed by atoms with Gasteiger partial charge in [0, 0.05) is 25.7 Å². The molecule has 2 heterocycles. The van der Waals surface area contributed by atoms with E-state index in [0.29, 0.717) is 25.5 Å². The summed E-state index contributed by atoms with van der Waals surface area (Å²) in [4.78, 5) is 27.6. The second-order valence-electron chi connectivity index (χ2n) is 7.01. The van der Waals surface area contributed by atoms with E-state index in [1.165, 1.54) is 25.3 Å². The highest BCUT2D eigenvalue weighted by atomic mass is 19.1. The van der Waals surface area contributed by atoms with E-state index in [-0.39, 0.29) is 29.8 Å². The Hall–Kier alpha value is -3.61. The highest BCUT2D eigenvalue weighted by molar-refractivity contribution is 5.96. The highest BCUT2D eigenvalue weighted by Gasteiger charge is 2.31. The van der Waals surface area contributed by atoms with Gasteiger partial charge in [0.05, 0.1) is 7.11 Å². The van der Waals surface area contributed by atoms with Crippen LogP contribution in [-0.4, -0.2) is 29.0 Å². The van der Waals surface area contributed by atoms with Crippen LogP contribution in [0.5, 0.6) is 11.6 Å². The van der Waals surface area contributed by atoms with Crippen molar-refractivity contribution in [2.45, 2.75) is 19.7 Å². The minimum atomic E-state index is -0.411. The Labute approximate surface area is 173 Å². The minimum Gasteiger partial charge on any atom is -0.483 e. The number of ether oxygens (including phenoxy) is 2. The van der Waals surface area contributed by atoms with Crippen molar-refractivity contribution in [1.82, 2.24) is 9.47 Å². The highest BCUT2D eigenvalue weighted by Crippen LogP contribution is 2.27. The van der Waals surface area contributed by atoms with Crippen LogP contribution in [0.25, 0.3) is 0 Å². The smallest absolute Gasteiger partial charge is 0.274 e. The number of carbonyl (C=O) groups excluding carboxylic acids is 1. The van der Waals surface area contributed by atoms with Crippen molar-refractivity contribution in [3.63, 3.8) is 0 Å². The molecule has 2 aromatic carbocycles. The maximum absolute atomic E-state index is 13.3. The molecule has 0 saturated carbocycles. The third-order valence-corrected chi connectivity index (χ3v) is 5.03. The van der Waals surface area contributed by atoms with Gasteiger partial charge in [-0.25, -0.2) is 4.39 Å². The van der Waals surface area contributed by atoms with Crippen LogP contribution in [0.1, 0.15) is 21.6 Å². The van der Waals surface area contributed by atoms with Crippen molar-refractivity contribution in [1.29, 1.82) is 0 Å². The van der Waals surface area contributed by atoms with Gasteiger partial charge in [-0.2, -0.15) is 0 Å². The molecule has 1 amide bonds. The van der Waals surface area contributed by atoms with Crippen LogP contribution in [0.3, 0.4) is 0 Å². The fourth-order valence-corrected chi connectivity index (χ4v) is 3.51. The quantitative estimate of drug-likeness (QED) is 0.628. The zero-order valence-corrected chi connectivity index (χ0v) is 16.5. The summed E-state index contributed by atoms with van der Waals surface area (Å²) in [6.45, 7) is 1.36. The molecular weight excluding hydrogens is 387 g/mol. The third kappa shape index (κ3) is 3.91. The topological polar surface area (TPSA) is 60.8 Å². The first-order chi connectivity index (χ1) is 14.6. The normalized spacial score (nSPS) is 13.1. The second-order valence-corrected chi connectivity index (χ2v) is 7.01. The number of hydrogen-bond acceptors (Lipinski definition) is 4. The monoisotopic (exact) mass is 408 g/mol. The van der Waals surface area contributed by atoms with Crippen molar-refractivity contribution in [3.8, 4) is 11.6 Å². The summed E-state index contributed by atoms with van der Waals surface area (Å²) in [7, 11) is 1.46. The first-order valence-electron chi connectivity index (χ1n) is 9.59. The molecule has 0 N–H and O–H groups in total. The molecule has 154 valence electrons. The lowest BCUT2D eigenvalue weighted by atomic mass is 10.1. The number of fused-ring (bicyclic) bond motifs is 1. The summed E-state index contributed by atoms with van der Waals surface area (Å²) >= 11 is 0. The Morgan fingerprint density at radius 1 is 0.967 bits per heavy atom. The molecule has 1 aliphatic rings. The predicted molar refractivity (Wildman–Crippen MR) is 109 cm³/mol. The number of pyridine rings is 1. The summed E-state index contributed by atoms with van der Waals surface area (Å²) in [5, 5.41) is 0. The molecule has 1 aliphatic heterocycles. The molecule has 0 saturated heterocycles. The zero-order valence-electron chi connectivity index (χ0n) is 16.5. The molecule has 0 unspecified atom stereocenters. The number of aromatic nitrogens is 1. The second kappa shape index (κ2) is 8.41. The molecule has 0 radical (unpaired) electrons. The molecule has 3 aromatic rings. The Morgan fingerprint density at radius 3 is 2.40 bits per heavy atom. The summed E-state index contributed by atoms with van der Waals surface area (Å²) in [5.41, 5.74) is 1.45. The summed E-state index contributed by atoms with van der Waals surface area (Å²) in [5.74, 6) is -0.336. The molecule has 30 heavy (non-hydrogen) atoms. The maximum Gasteiger partial charge on any atom is 0.274 e. The van der Waals surface area contributed by atoms with E-state index in [4.69, 9.17) is 9.47 Å². The van der Waals surface area contributed by atoms with Gasteiger partial charge in [-0.3, -0.25) is 9.59 Å². The molecule has 0 atom stereocenters. The SMILES string of the molecule is COc1cc(=O)c(OCc2ccccc2)c2n1CCN(Cc1ccc(F)cc1)C2=O. The zero-order chi connectivity index (χ0) is 21.1. The molecule has 0 aliphatic carbocycles. The van der Waals surface area contributed by atoms with E-state index in [1.807, 2.05) is 30.3 Å². The van der Waals surface area contributed by atoms with Gasteiger partial charge in [0.15, 0.2) is 17.3 Å². The third-order valence-electron chi connectivity index (χ3n) is 5.03. The number of amides is 1. The number of methoxy groups -OCH3 is 1. The number of rotatable bonds is 6. The van der Waals surface area contributed by atoms with Crippen molar-refractivity contribution in [2.24, 2.45) is 0 Å². The Morgan fingerprint density at radius 2 is 1.70 bits per heavy atom. The Kier molecular flexibility index (Phi) is 5.52. The average Bonchev–Trinajstić information content (AvgIpc) is 2.77. The van der Waals surface area contributed by atoms with Gasteiger partial charge in [-0.15, -0.1) is 0 Å². The van der Waals surface area contributed by atoms with Crippen LogP contribution in [-0.2, 0) is 19.7 Å². The minimum absolute atomic E-state index is 0.00783. The summed E-state index contributed by atoms with van der Waals surface area (Å²) < 4.78 is 26.0. The van der Waals surface area contributed by atoms with Crippen molar-refractivity contribution in [2.75, 3.05) is 13.7 Å². The van der Waals surface area contributed by atoms with Crippen LogP contribution in [0.4, 0.5) is 4.39 Å². The van der Waals surface area contributed by atoms with E-state index in [1.54, 1.807) is 21.6 Å². The molecule has 4 rings (SSSR count). The number of carbonyl (C=O) groups is 1. The molecule has 0 spiro atoms. The van der Waals surface area contributed by atoms with Crippen LogP contribution in [0.15, 0.2) is 65.5 Å². The van der Waals surface area contributed by atoms with Crippen molar-refractivity contribution < 1.29 is 18.7 Å². The number of benzene rings is 2. The number of hydrogen-bond donors (Lipinski definition) is 0. The Balaban J connectivity index is 1.67. The van der Waals surface area contributed by atoms with Crippen LogP contribution in [0.2, 0.25) is 0 Å². The molecular formula is C23H21FN2O4. The van der Waals surface area contributed by atoms with E-state index in [2.05, 4.69) is 0 Å². The van der Waals surface area contributed by atoms with Gasteiger partial charge >= 0.3 is 0 Å². The van der Waals surface area contributed by atoms with Crippen molar-refractivity contribution >= 4 is 5.91 Å². The van der Waals surface area contributed by atoms with E-state index < -0.39 is 5.43 Å². The summed E-state index contributed by atoms with van der Waals surface area (Å²) in [6, 6.07) is 16.8. The molecule has 7 heteroatoms. The summed E-state index contributed by atoms with van der Waals surface area (Å²) in [6.07, 6.45) is 0. The van der Waals surface area contributed by atoms with Crippen LogP contribution in [0, 0.1) is 5.82 Å². The predicted octanol–water partition coefficient (Wildman–Crippen LogP) is 3.23. The fraction of sp³-hybridized carbons (Fsp3) is 0.217. The molecule has 1 aromatic heterocycles. The van der Waals surface area contributed by atoms with Gasteiger partial charge in [0.25, 0.3) is 5.91 Å². The lowest BCUT2D eigenvalue weighted by Crippen LogP contribution is -2.42. The van der Waals surface area contributed by atoms with E-state index in [0.717, 1.165) is 11.1 Å². The van der Waals surface area contributed by atoms with E-state index >= 15 is 0 Å². The lowest BCUT2D eigenvalue weighted by Gasteiger charge is -2.32. The van der Waals surface area contributed by atoms with Gasteiger partial charge in [-0.05, 0) is 23.3 Å². The lowest BCUT2D eigenvalue weighted by molar-refractivity contribution is 0.0673.